The molecule has 7 heteroatoms. The molecular formula is C17H27IN4S2. The van der Waals surface area contributed by atoms with Crippen LogP contribution in [-0.2, 0) is 0 Å². The highest BCUT2D eigenvalue weighted by molar-refractivity contribution is 14.0. The number of likely N-dealkylation sites (N-methyl/N-ethyl adjacent to an activating group) is 1. The van der Waals surface area contributed by atoms with Crippen LogP contribution in [0.3, 0.4) is 0 Å². The second kappa shape index (κ2) is 11.1. The van der Waals surface area contributed by atoms with Crippen molar-refractivity contribution in [1.29, 1.82) is 0 Å². The molecule has 0 amide bonds. The quantitative estimate of drug-likeness (QED) is 0.359. The molecule has 0 aliphatic carbocycles. The number of hydrogen-bond donors (Lipinski definition) is 2. The van der Waals surface area contributed by atoms with Crippen LogP contribution in [0.15, 0.2) is 39.3 Å². The van der Waals surface area contributed by atoms with Crippen molar-refractivity contribution in [3.63, 3.8) is 0 Å². The second-order valence-electron chi connectivity index (χ2n) is 5.79. The van der Waals surface area contributed by atoms with E-state index < -0.39 is 0 Å². The predicted octanol–water partition coefficient (Wildman–Crippen LogP) is 4.00. The van der Waals surface area contributed by atoms with Crippen molar-refractivity contribution >= 4 is 52.6 Å². The van der Waals surface area contributed by atoms with Gasteiger partial charge in [-0.15, -0.1) is 35.3 Å². The number of halogens is 1. The molecule has 4 nitrogen and oxygen atoms in total. The maximum absolute atomic E-state index is 4.34. The van der Waals surface area contributed by atoms with Crippen LogP contribution in [0.4, 0.5) is 0 Å². The molecule has 0 bridgehead atoms. The summed E-state index contributed by atoms with van der Waals surface area (Å²) in [6.45, 7) is 3.94. The van der Waals surface area contributed by atoms with Gasteiger partial charge in [0, 0.05) is 25.0 Å². The molecule has 0 aliphatic heterocycles. The van der Waals surface area contributed by atoms with Crippen LogP contribution < -0.4 is 10.6 Å². The van der Waals surface area contributed by atoms with E-state index in [2.05, 4.69) is 75.9 Å². The van der Waals surface area contributed by atoms with Gasteiger partial charge in [0.1, 0.15) is 0 Å². The number of thiophene rings is 2. The number of aliphatic imine (C=N–C) groups is 1. The summed E-state index contributed by atoms with van der Waals surface area (Å²) in [5.74, 6) is 1.33. The lowest BCUT2D eigenvalue weighted by atomic mass is 10.1. The zero-order valence-electron chi connectivity index (χ0n) is 14.7. The molecule has 0 saturated heterocycles. The number of nitrogens with zero attached hydrogens (tertiary/aromatic N) is 2. The predicted molar refractivity (Wildman–Crippen MR) is 118 cm³/mol. The fraction of sp³-hybridized carbons (Fsp3) is 0.471. The van der Waals surface area contributed by atoms with Crippen molar-refractivity contribution in [1.82, 2.24) is 15.5 Å². The van der Waals surface area contributed by atoms with Gasteiger partial charge in [-0.3, -0.25) is 4.99 Å². The van der Waals surface area contributed by atoms with E-state index in [1.165, 1.54) is 10.4 Å². The van der Waals surface area contributed by atoms with Crippen molar-refractivity contribution in [3.8, 4) is 0 Å². The first-order valence-corrected chi connectivity index (χ1v) is 9.60. The first-order chi connectivity index (χ1) is 11.1. The molecule has 2 unspecified atom stereocenters. The Bertz CT molecular complexity index is 582. The van der Waals surface area contributed by atoms with Gasteiger partial charge >= 0.3 is 0 Å². The smallest absolute Gasteiger partial charge is 0.191 e. The maximum Gasteiger partial charge on any atom is 0.191 e. The van der Waals surface area contributed by atoms with Crippen LogP contribution in [-0.4, -0.2) is 45.1 Å². The summed E-state index contributed by atoms with van der Waals surface area (Å²) in [7, 11) is 6.04. The molecule has 2 atom stereocenters. The van der Waals surface area contributed by atoms with Crippen LogP contribution in [0.1, 0.15) is 29.3 Å². The van der Waals surface area contributed by atoms with Crippen LogP contribution >= 0.6 is 46.7 Å². The normalized spacial score (nSPS) is 14.1. The molecule has 2 N–H and O–H groups in total. The van der Waals surface area contributed by atoms with E-state index in [-0.39, 0.29) is 24.0 Å². The Labute approximate surface area is 170 Å². The number of rotatable bonds is 7. The average molecular weight is 478 g/mol. The highest BCUT2D eigenvalue weighted by Gasteiger charge is 2.15. The Morgan fingerprint density at radius 3 is 2.50 bits per heavy atom. The Hall–Kier alpha value is -0.640. The summed E-state index contributed by atoms with van der Waals surface area (Å²) in [4.78, 5) is 7.94. The fourth-order valence-electron chi connectivity index (χ4n) is 2.36. The standard InChI is InChI=1S/C17H26N4S2.HI/c1-13(14-7-9-22-12-14)10-19-17(18-2)20-11-15(21(3)4)16-6-5-8-23-16;/h5-9,12-13,15H,10-11H2,1-4H3,(H2,18,19,20);1H. The Balaban J connectivity index is 0.00000288. The molecule has 2 aromatic rings. The third kappa shape index (κ3) is 6.34. The third-order valence-corrected chi connectivity index (χ3v) is 5.54. The van der Waals surface area contributed by atoms with Gasteiger partial charge in [-0.2, -0.15) is 11.3 Å². The van der Waals surface area contributed by atoms with Crippen molar-refractivity contribution in [2.45, 2.75) is 18.9 Å². The Morgan fingerprint density at radius 2 is 1.96 bits per heavy atom. The van der Waals surface area contributed by atoms with Gasteiger partial charge in [0.25, 0.3) is 0 Å². The highest BCUT2D eigenvalue weighted by Crippen LogP contribution is 2.22. The molecule has 134 valence electrons. The van der Waals surface area contributed by atoms with E-state index in [1.807, 2.05) is 7.05 Å². The Morgan fingerprint density at radius 1 is 1.21 bits per heavy atom. The van der Waals surface area contributed by atoms with E-state index in [0.29, 0.717) is 12.0 Å². The highest BCUT2D eigenvalue weighted by atomic mass is 127. The van der Waals surface area contributed by atoms with Gasteiger partial charge in [-0.1, -0.05) is 13.0 Å². The van der Waals surface area contributed by atoms with Crippen LogP contribution in [0.2, 0.25) is 0 Å². The number of hydrogen-bond acceptors (Lipinski definition) is 4. The first-order valence-electron chi connectivity index (χ1n) is 7.78. The zero-order valence-corrected chi connectivity index (χ0v) is 18.6. The molecule has 0 saturated carbocycles. The summed E-state index contributed by atoms with van der Waals surface area (Å²) in [6.07, 6.45) is 0. The van der Waals surface area contributed by atoms with Crippen molar-refractivity contribution in [2.75, 3.05) is 34.2 Å². The summed E-state index contributed by atoms with van der Waals surface area (Å²) >= 11 is 3.54. The van der Waals surface area contributed by atoms with E-state index in [1.54, 1.807) is 22.7 Å². The topological polar surface area (TPSA) is 39.7 Å². The lowest BCUT2D eigenvalue weighted by Gasteiger charge is -2.25. The molecule has 2 heterocycles. The fourth-order valence-corrected chi connectivity index (χ4v) is 4.06. The van der Waals surface area contributed by atoms with Crippen molar-refractivity contribution < 1.29 is 0 Å². The third-order valence-electron chi connectivity index (χ3n) is 3.87. The molecule has 0 radical (unpaired) electrons. The lowest BCUT2D eigenvalue weighted by Crippen LogP contribution is -2.42. The average Bonchev–Trinajstić information content (AvgIpc) is 3.23. The lowest BCUT2D eigenvalue weighted by molar-refractivity contribution is 0.302. The minimum atomic E-state index is 0. The minimum Gasteiger partial charge on any atom is -0.356 e. The minimum absolute atomic E-state index is 0. The Kier molecular flexibility index (Phi) is 9.87. The largest absolute Gasteiger partial charge is 0.356 e. The second-order valence-corrected chi connectivity index (χ2v) is 7.55. The van der Waals surface area contributed by atoms with Gasteiger partial charge in [0.05, 0.1) is 6.04 Å². The van der Waals surface area contributed by atoms with Crippen molar-refractivity contribution in [2.24, 2.45) is 4.99 Å². The van der Waals surface area contributed by atoms with E-state index in [9.17, 15) is 0 Å². The SMILES string of the molecule is CN=C(NCC(C)c1ccsc1)NCC(c1cccs1)N(C)C.I. The summed E-state index contributed by atoms with van der Waals surface area (Å²) in [6, 6.07) is 6.83. The maximum atomic E-state index is 4.34. The molecular weight excluding hydrogens is 451 g/mol. The van der Waals surface area contributed by atoms with Crippen molar-refractivity contribution in [3.05, 3.63) is 44.8 Å². The number of nitrogens with one attached hydrogen (secondary N) is 2. The van der Waals surface area contributed by atoms with E-state index in [0.717, 1.165) is 19.0 Å². The van der Waals surface area contributed by atoms with Gasteiger partial charge in [0.2, 0.25) is 0 Å². The number of guanidine groups is 1. The molecule has 2 rings (SSSR count). The van der Waals surface area contributed by atoms with Gasteiger partial charge in [0.15, 0.2) is 5.96 Å². The van der Waals surface area contributed by atoms with Gasteiger partial charge in [-0.05, 0) is 53.8 Å². The van der Waals surface area contributed by atoms with Crippen LogP contribution in [0, 0.1) is 0 Å². The molecule has 2 aromatic heterocycles. The van der Waals surface area contributed by atoms with Gasteiger partial charge in [-0.25, -0.2) is 0 Å². The van der Waals surface area contributed by atoms with Crippen LogP contribution in [0.25, 0.3) is 0 Å². The molecule has 0 aliphatic rings. The van der Waals surface area contributed by atoms with E-state index in [4.69, 9.17) is 0 Å². The van der Waals surface area contributed by atoms with Gasteiger partial charge < -0.3 is 15.5 Å². The van der Waals surface area contributed by atoms with Crippen LogP contribution in [0.5, 0.6) is 0 Å². The molecule has 24 heavy (non-hydrogen) atoms. The summed E-state index contributed by atoms with van der Waals surface area (Å²) in [5, 5.41) is 13.3. The zero-order chi connectivity index (χ0) is 16.7. The molecule has 0 spiro atoms. The molecule has 0 fully saturated rings. The monoisotopic (exact) mass is 478 g/mol. The summed E-state index contributed by atoms with van der Waals surface area (Å²) in [5.41, 5.74) is 1.38. The first kappa shape index (κ1) is 21.4. The summed E-state index contributed by atoms with van der Waals surface area (Å²) < 4.78 is 0. The molecule has 0 aromatic carbocycles. The van der Waals surface area contributed by atoms with E-state index >= 15 is 0 Å².